The topological polar surface area (TPSA) is 17.1 Å². The van der Waals surface area contributed by atoms with Crippen molar-refractivity contribution in [2.45, 2.75) is 0 Å². The summed E-state index contributed by atoms with van der Waals surface area (Å²) in [4.78, 5) is 10.7. The van der Waals surface area contributed by atoms with E-state index in [-0.39, 0.29) is 0 Å². The summed E-state index contributed by atoms with van der Waals surface area (Å²) in [7, 11) is 0. The van der Waals surface area contributed by atoms with Gasteiger partial charge in [0.15, 0.2) is 0 Å². The molecule has 0 aromatic heterocycles. The first-order valence-electron chi connectivity index (χ1n) is 2.77. The number of carbonyl (C=O) groups is 1. The minimum absolute atomic E-state index is 0.458. The highest BCUT2D eigenvalue weighted by molar-refractivity contribution is 14.1. The zero-order valence-electron chi connectivity index (χ0n) is 5.27. The highest BCUT2D eigenvalue weighted by atomic mass is 127. The molecule has 4 heteroatoms. The molecule has 0 heterocycles. The molecule has 58 valence electrons. The lowest BCUT2D eigenvalue weighted by Crippen LogP contribution is -1.92. The van der Waals surface area contributed by atoms with Gasteiger partial charge in [0.25, 0.3) is 5.24 Å². The Hall–Kier alpha value is 0.200. The largest absolute Gasteiger partial charge is 0.276 e. The van der Waals surface area contributed by atoms with Crippen molar-refractivity contribution in [3.05, 3.63) is 32.4 Å². The van der Waals surface area contributed by atoms with Gasteiger partial charge in [-0.1, -0.05) is 17.7 Å². The van der Waals surface area contributed by atoms with E-state index in [0.29, 0.717) is 14.2 Å². The minimum atomic E-state index is -0.475. The van der Waals surface area contributed by atoms with Gasteiger partial charge in [0.2, 0.25) is 0 Å². The van der Waals surface area contributed by atoms with Gasteiger partial charge >= 0.3 is 0 Å². The molecule has 1 aromatic rings. The lowest BCUT2D eigenvalue weighted by molar-refractivity contribution is 0.108. The van der Waals surface area contributed by atoms with Gasteiger partial charge in [-0.25, -0.2) is 0 Å². The van der Waals surface area contributed by atoms with E-state index >= 15 is 0 Å². The quantitative estimate of drug-likeness (QED) is 0.574. The number of hydrogen-bond donors (Lipinski definition) is 0. The van der Waals surface area contributed by atoms with E-state index < -0.39 is 5.24 Å². The van der Waals surface area contributed by atoms with Crippen LogP contribution >= 0.6 is 45.8 Å². The number of hydrogen-bond acceptors (Lipinski definition) is 1. The second-order valence-corrected chi connectivity index (χ2v) is 3.70. The average Bonchev–Trinajstić information content (AvgIpc) is 1.94. The van der Waals surface area contributed by atoms with E-state index in [1.165, 1.54) is 0 Å². The molecule has 0 atom stereocenters. The third kappa shape index (κ3) is 2.07. The number of benzene rings is 1. The Kier molecular flexibility index (Phi) is 3.16. The summed E-state index contributed by atoms with van der Waals surface area (Å²) in [5.74, 6) is 0. The lowest BCUT2D eigenvalue weighted by atomic mass is 10.2. The lowest BCUT2D eigenvalue weighted by Gasteiger charge is -1.98. The minimum Gasteiger partial charge on any atom is -0.276 e. The average molecular weight is 301 g/mol. The van der Waals surface area contributed by atoms with E-state index in [0.717, 1.165) is 0 Å². The second kappa shape index (κ2) is 3.74. The van der Waals surface area contributed by atoms with Crippen LogP contribution in [-0.4, -0.2) is 5.24 Å². The molecule has 1 rings (SSSR count). The Morgan fingerprint density at radius 2 is 2.09 bits per heavy atom. The fraction of sp³-hybridized carbons (Fsp3) is 0. The van der Waals surface area contributed by atoms with Gasteiger partial charge in [-0.05, 0) is 46.3 Å². The van der Waals surface area contributed by atoms with Crippen LogP contribution in [0.3, 0.4) is 0 Å². The fourth-order valence-corrected chi connectivity index (χ4v) is 1.75. The summed E-state index contributed by atoms with van der Waals surface area (Å²) in [6.07, 6.45) is 0. The molecule has 0 spiro atoms. The normalized spacial score (nSPS) is 9.73. The van der Waals surface area contributed by atoms with Gasteiger partial charge in [0.1, 0.15) is 0 Å². The Morgan fingerprint density at radius 3 is 2.55 bits per heavy atom. The molecule has 0 saturated carbocycles. The predicted octanol–water partition coefficient (Wildman–Crippen LogP) is 3.32. The first-order valence-corrected chi connectivity index (χ1v) is 4.60. The summed E-state index contributed by atoms with van der Waals surface area (Å²) in [5.41, 5.74) is 0.458. The molecule has 0 aliphatic rings. The fourth-order valence-electron chi connectivity index (χ4n) is 0.656. The van der Waals surface area contributed by atoms with Gasteiger partial charge in [0.05, 0.1) is 5.02 Å². The van der Waals surface area contributed by atoms with Gasteiger partial charge in [-0.2, -0.15) is 0 Å². The molecule has 1 nitrogen and oxygen atoms in total. The van der Waals surface area contributed by atoms with Crippen LogP contribution in [0.15, 0.2) is 18.2 Å². The maximum atomic E-state index is 10.7. The van der Waals surface area contributed by atoms with Crippen molar-refractivity contribution in [3.8, 4) is 0 Å². The van der Waals surface area contributed by atoms with Crippen LogP contribution in [0.4, 0.5) is 0 Å². The molecular formula is C7H3Cl2IO. The van der Waals surface area contributed by atoms with Crippen LogP contribution in [0.5, 0.6) is 0 Å². The van der Waals surface area contributed by atoms with Crippen molar-refractivity contribution < 1.29 is 4.79 Å². The van der Waals surface area contributed by atoms with Crippen LogP contribution in [0.2, 0.25) is 5.02 Å². The molecule has 0 saturated heterocycles. The molecule has 0 aliphatic heterocycles. The van der Waals surface area contributed by atoms with E-state index in [9.17, 15) is 4.79 Å². The van der Waals surface area contributed by atoms with Gasteiger partial charge in [-0.15, -0.1) is 0 Å². The first kappa shape index (κ1) is 9.29. The summed E-state index contributed by atoms with van der Waals surface area (Å²) in [5, 5.41) is 0.0778. The van der Waals surface area contributed by atoms with E-state index in [1.807, 2.05) is 22.6 Å². The van der Waals surface area contributed by atoms with Crippen LogP contribution < -0.4 is 0 Å². The highest BCUT2D eigenvalue weighted by Crippen LogP contribution is 2.22. The molecule has 0 amide bonds. The summed E-state index contributed by atoms with van der Waals surface area (Å²) >= 11 is 13.0. The molecule has 0 unspecified atom stereocenters. The number of carbonyl (C=O) groups excluding carboxylic acids is 1. The van der Waals surface area contributed by atoms with Gasteiger partial charge < -0.3 is 0 Å². The Balaban J connectivity index is 3.27. The van der Waals surface area contributed by atoms with E-state index in [4.69, 9.17) is 23.2 Å². The first-order chi connectivity index (χ1) is 5.13. The van der Waals surface area contributed by atoms with E-state index in [1.54, 1.807) is 18.2 Å². The molecule has 1 aromatic carbocycles. The third-order valence-corrected chi connectivity index (χ3v) is 3.16. The third-order valence-electron chi connectivity index (χ3n) is 1.16. The predicted molar refractivity (Wildman–Crippen MR) is 54.4 cm³/mol. The van der Waals surface area contributed by atoms with Crippen molar-refractivity contribution in [2.75, 3.05) is 0 Å². The van der Waals surface area contributed by atoms with Crippen LogP contribution in [0.1, 0.15) is 10.4 Å². The zero-order valence-corrected chi connectivity index (χ0v) is 8.94. The molecule has 0 fully saturated rings. The Bertz CT molecular complexity index is 298. The monoisotopic (exact) mass is 300 g/mol. The summed E-state index contributed by atoms with van der Waals surface area (Å²) < 4.78 is 0.701. The van der Waals surface area contributed by atoms with Crippen molar-refractivity contribution >= 4 is 51.0 Å². The van der Waals surface area contributed by atoms with Gasteiger partial charge in [0, 0.05) is 9.13 Å². The van der Waals surface area contributed by atoms with Crippen molar-refractivity contribution in [1.29, 1.82) is 0 Å². The smallest absolute Gasteiger partial charge is 0.253 e. The summed E-state index contributed by atoms with van der Waals surface area (Å²) in [6, 6.07) is 5.05. The SMILES string of the molecule is O=C(Cl)c1cccc(Cl)c1I. The second-order valence-electron chi connectivity index (χ2n) is 1.88. The maximum absolute atomic E-state index is 10.7. The zero-order chi connectivity index (χ0) is 8.43. The maximum Gasteiger partial charge on any atom is 0.253 e. The van der Waals surface area contributed by atoms with Crippen LogP contribution in [-0.2, 0) is 0 Å². The molecule has 11 heavy (non-hydrogen) atoms. The standard InChI is InChI=1S/C7H3Cl2IO/c8-5-3-1-2-4(6(5)10)7(9)11/h1-3H. The van der Waals surface area contributed by atoms with E-state index in [2.05, 4.69) is 0 Å². The molecular weight excluding hydrogens is 298 g/mol. The van der Waals surface area contributed by atoms with Crippen LogP contribution in [0, 0.1) is 3.57 Å². The molecule has 0 radical (unpaired) electrons. The van der Waals surface area contributed by atoms with Gasteiger partial charge in [-0.3, -0.25) is 4.79 Å². The number of rotatable bonds is 1. The van der Waals surface area contributed by atoms with Crippen molar-refractivity contribution in [1.82, 2.24) is 0 Å². The molecule has 0 aliphatic carbocycles. The highest BCUT2D eigenvalue weighted by Gasteiger charge is 2.08. The Labute approximate surface area is 87.8 Å². The Morgan fingerprint density at radius 1 is 1.45 bits per heavy atom. The summed E-state index contributed by atoms with van der Waals surface area (Å²) in [6.45, 7) is 0. The van der Waals surface area contributed by atoms with Crippen molar-refractivity contribution in [3.63, 3.8) is 0 Å². The molecule has 0 bridgehead atoms. The number of halogens is 3. The molecule has 0 N–H and O–H groups in total. The van der Waals surface area contributed by atoms with Crippen LogP contribution in [0.25, 0.3) is 0 Å². The van der Waals surface area contributed by atoms with Crippen molar-refractivity contribution in [2.24, 2.45) is 0 Å².